The van der Waals surface area contributed by atoms with Gasteiger partial charge in [0.2, 0.25) is 0 Å². The molecule has 0 aliphatic rings. The van der Waals surface area contributed by atoms with Gasteiger partial charge in [0, 0.05) is 16.9 Å². The molecule has 86 valence electrons. The summed E-state index contributed by atoms with van der Waals surface area (Å²) in [6.07, 6.45) is 5.44. The lowest BCUT2D eigenvalue weighted by molar-refractivity contribution is 0.914. The van der Waals surface area contributed by atoms with Crippen molar-refractivity contribution in [3.63, 3.8) is 0 Å². The van der Waals surface area contributed by atoms with Gasteiger partial charge in [0.15, 0.2) is 0 Å². The van der Waals surface area contributed by atoms with Crippen molar-refractivity contribution in [2.45, 2.75) is 12.8 Å². The Labute approximate surface area is 107 Å². The van der Waals surface area contributed by atoms with Gasteiger partial charge in [-0.25, -0.2) is 0 Å². The highest BCUT2D eigenvalue weighted by Gasteiger charge is 2.02. The maximum Gasteiger partial charge on any atom is 0.0444 e. The number of halogens is 1. The zero-order valence-corrected chi connectivity index (χ0v) is 10.3. The molecule has 1 nitrogen and oxygen atoms in total. The summed E-state index contributed by atoms with van der Waals surface area (Å²) in [6, 6.07) is 12.0. The van der Waals surface area contributed by atoms with E-state index in [0.717, 1.165) is 34.7 Å². The van der Waals surface area contributed by atoms with E-state index in [0.29, 0.717) is 0 Å². The zero-order chi connectivity index (χ0) is 12.1. The summed E-state index contributed by atoms with van der Waals surface area (Å²) in [6.45, 7) is 3.73. The SMILES string of the molecule is C=Cc1ccc(CCc2ccccn2)c(Cl)c1. The van der Waals surface area contributed by atoms with Crippen molar-refractivity contribution in [3.8, 4) is 0 Å². The summed E-state index contributed by atoms with van der Waals surface area (Å²) in [7, 11) is 0. The average molecular weight is 244 g/mol. The molecule has 0 radical (unpaired) electrons. The lowest BCUT2D eigenvalue weighted by Crippen LogP contribution is -1.94. The molecule has 0 saturated carbocycles. The molecule has 0 fully saturated rings. The summed E-state index contributed by atoms with van der Waals surface area (Å²) >= 11 is 6.21. The van der Waals surface area contributed by atoms with Gasteiger partial charge in [-0.15, -0.1) is 0 Å². The third-order valence-corrected chi connectivity index (χ3v) is 3.04. The number of hydrogen-bond donors (Lipinski definition) is 0. The molecular weight excluding hydrogens is 230 g/mol. The Bertz CT molecular complexity index is 506. The Balaban J connectivity index is 2.07. The van der Waals surface area contributed by atoms with Crippen LogP contribution in [0.2, 0.25) is 5.02 Å². The standard InChI is InChI=1S/C15H14ClN/c1-2-12-6-7-13(15(16)11-12)8-9-14-5-3-4-10-17-14/h2-7,10-11H,1,8-9H2. The van der Waals surface area contributed by atoms with Gasteiger partial charge in [-0.1, -0.05) is 42.5 Å². The number of pyridine rings is 1. The first-order chi connectivity index (χ1) is 8.29. The average Bonchev–Trinajstić information content (AvgIpc) is 2.38. The third kappa shape index (κ3) is 3.18. The smallest absolute Gasteiger partial charge is 0.0444 e. The minimum absolute atomic E-state index is 0.804. The molecule has 0 atom stereocenters. The van der Waals surface area contributed by atoms with E-state index >= 15 is 0 Å². The monoisotopic (exact) mass is 243 g/mol. The van der Waals surface area contributed by atoms with Crippen LogP contribution in [-0.2, 0) is 12.8 Å². The minimum Gasteiger partial charge on any atom is -0.261 e. The van der Waals surface area contributed by atoms with E-state index in [1.807, 2.05) is 36.5 Å². The van der Waals surface area contributed by atoms with Gasteiger partial charge in [0.25, 0.3) is 0 Å². The molecule has 1 aromatic carbocycles. The molecular formula is C15H14ClN. The Hall–Kier alpha value is -1.60. The molecule has 0 N–H and O–H groups in total. The second-order valence-electron chi connectivity index (χ2n) is 3.88. The van der Waals surface area contributed by atoms with E-state index in [2.05, 4.69) is 17.6 Å². The summed E-state index contributed by atoms with van der Waals surface area (Å²) in [5.74, 6) is 0. The fourth-order valence-electron chi connectivity index (χ4n) is 1.70. The van der Waals surface area contributed by atoms with Crippen molar-refractivity contribution in [2.24, 2.45) is 0 Å². The molecule has 0 unspecified atom stereocenters. The fraction of sp³-hybridized carbons (Fsp3) is 0.133. The van der Waals surface area contributed by atoms with E-state index in [1.54, 1.807) is 6.08 Å². The van der Waals surface area contributed by atoms with Crippen LogP contribution in [0, 0.1) is 0 Å². The fourth-order valence-corrected chi connectivity index (χ4v) is 1.99. The van der Waals surface area contributed by atoms with Gasteiger partial charge in [-0.2, -0.15) is 0 Å². The quantitative estimate of drug-likeness (QED) is 0.786. The molecule has 0 saturated heterocycles. The zero-order valence-electron chi connectivity index (χ0n) is 9.57. The lowest BCUT2D eigenvalue weighted by Gasteiger charge is -2.05. The molecule has 17 heavy (non-hydrogen) atoms. The van der Waals surface area contributed by atoms with Crippen molar-refractivity contribution >= 4 is 17.7 Å². The Morgan fingerprint density at radius 2 is 2.06 bits per heavy atom. The third-order valence-electron chi connectivity index (χ3n) is 2.69. The summed E-state index contributed by atoms with van der Waals surface area (Å²) in [4.78, 5) is 4.30. The van der Waals surface area contributed by atoms with E-state index in [9.17, 15) is 0 Å². The number of nitrogens with zero attached hydrogens (tertiary/aromatic N) is 1. The molecule has 0 aliphatic carbocycles. The van der Waals surface area contributed by atoms with Crippen LogP contribution in [0.15, 0.2) is 49.2 Å². The van der Waals surface area contributed by atoms with Gasteiger partial charge in [0.05, 0.1) is 0 Å². The molecule has 1 aromatic heterocycles. The van der Waals surface area contributed by atoms with Crippen molar-refractivity contribution in [3.05, 3.63) is 71.0 Å². The van der Waals surface area contributed by atoms with Gasteiger partial charge >= 0.3 is 0 Å². The van der Waals surface area contributed by atoms with Gasteiger partial charge < -0.3 is 0 Å². The van der Waals surface area contributed by atoms with Crippen molar-refractivity contribution in [1.29, 1.82) is 0 Å². The number of benzene rings is 1. The molecule has 0 bridgehead atoms. The van der Waals surface area contributed by atoms with Crippen molar-refractivity contribution < 1.29 is 0 Å². The first kappa shape index (κ1) is 11.9. The lowest BCUT2D eigenvalue weighted by atomic mass is 10.1. The first-order valence-electron chi connectivity index (χ1n) is 5.60. The normalized spacial score (nSPS) is 10.2. The second-order valence-corrected chi connectivity index (χ2v) is 4.28. The second kappa shape index (κ2) is 5.65. The maximum atomic E-state index is 6.21. The largest absolute Gasteiger partial charge is 0.261 e. The Morgan fingerprint density at radius 1 is 1.18 bits per heavy atom. The van der Waals surface area contributed by atoms with Crippen LogP contribution in [0.3, 0.4) is 0 Å². The van der Waals surface area contributed by atoms with Crippen LogP contribution in [0.1, 0.15) is 16.8 Å². The molecule has 0 aliphatic heterocycles. The molecule has 1 heterocycles. The summed E-state index contributed by atoms with van der Waals surface area (Å²) < 4.78 is 0. The van der Waals surface area contributed by atoms with Crippen LogP contribution in [-0.4, -0.2) is 4.98 Å². The number of aryl methyl sites for hydroxylation is 2. The van der Waals surface area contributed by atoms with E-state index in [-0.39, 0.29) is 0 Å². The van der Waals surface area contributed by atoms with Crippen molar-refractivity contribution in [1.82, 2.24) is 4.98 Å². The highest BCUT2D eigenvalue weighted by Crippen LogP contribution is 2.20. The molecule has 2 rings (SSSR count). The molecule has 2 aromatic rings. The van der Waals surface area contributed by atoms with Crippen LogP contribution in [0.5, 0.6) is 0 Å². The van der Waals surface area contributed by atoms with E-state index < -0.39 is 0 Å². The molecule has 2 heteroatoms. The summed E-state index contributed by atoms with van der Waals surface area (Å²) in [5, 5.41) is 0.804. The van der Waals surface area contributed by atoms with Crippen LogP contribution in [0.4, 0.5) is 0 Å². The predicted molar refractivity (Wildman–Crippen MR) is 73.2 cm³/mol. The summed E-state index contributed by atoms with van der Waals surface area (Å²) in [5.41, 5.74) is 3.30. The Morgan fingerprint density at radius 3 is 2.71 bits per heavy atom. The number of hydrogen-bond acceptors (Lipinski definition) is 1. The van der Waals surface area contributed by atoms with Crippen LogP contribution >= 0.6 is 11.6 Å². The predicted octanol–water partition coefficient (Wildman–Crippen LogP) is 4.16. The van der Waals surface area contributed by atoms with Crippen LogP contribution < -0.4 is 0 Å². The Kier molecular flexibility index (Phi) is 3.94. The van der Waals surface area contributed by atoms with Gasteiger partial charge in [0.1, 0.15) is 0 Å². The molecule has 0 amide bonds. The molecule has 0 spiro atoms. The van der Waals surface area contributed by atoms with E-state index in [1.165, 1.54) is 0 Å². The maximum absolute atomic E-state index is 6.21. The number of rotatable bonds is 4. The van der Waals surface area contributed by atoms with Gasteiger partial charge in [-0.05, 0) is 42.2 Å². The first-order valence-corrected chi connectivity index (χ1v) is 5.98. The highest BCUT2D eigenvalue weighted by atomic mass is 35.5. The van der Waals surface area contributed by atoms with E-state index in [4.69, 9.17) is 11.6 Å². The highest BCUT2D eigenvalue weighted by molar-refractivity contribution is 6.31. The number of aromatic nitrogens is 1. The topological polar surface area (TPSA) is 12.9 Å². The minimum atomic E-state index is 0.804. The van der Waals surface area contributed by atoms with Crippen LogP contribution in [0.25, 0.3) is 6.08 Å². The van der Waals surface area contributed by atoms with Gasteiger partial charge in [-0.3, -0.25) is 4.98 Å². The van der Waals surface area contributed by atoms with Crippen molar-refractivity contribution in [2.75, 3.05) is 0 Å².